The van der Waals surface area contributed by atoms with E-state index in [0.717, 1.165) is 0 Å². The average molecular weight is 284 g/mol. The van der Waals surface area contributed by atoms with Crippen molar-refractivity contribution in [3.8, 4) is 6.07 Å². The van der Waals surface area contributed by atoms with Crippen molar-refractivity contribution in [2.45, 2.75) is 12.2 Å². The molecule has 18 heavy (non-hydrogen) atoms. The van der Waals surface area contributed by atoms with Gasteiger partial charge in [-0.05, 0) is 17.7 Å². The highest BCUT2D eigenvalue weighted by atomic mass is 35.5. The van der Waals surface area contributed by atoms with Crippen LogP contribution in [0.4, 0.5) is 0 Å². The fourth-order valence-corrected chi connectivity index (χ4v) is 1.97. The third-order valence-electron chi connectivity index (χ3n) is 2.54. The first-order valence-corrected chi connectivity index (χ1v) is 5.74. The summed E-state index contributed by atoms with van der Waals surface area (Å²) in [5.74, 6) is -0.751. The van der Waals surface area contributed by atoms with Gasteiger partial charge in [0.2, 0.25) is 0 Å². The van der Waals surface area contributed by atoms with E-state index in [0.29, 0.717) is 11.1 Å². The quantitative estimate of drug-likeness (QED) is 0.845. The molecule has 0 amide bonds. The van der Waals surface area contributed by atoms with Crippen LogP contribution in [0.25, 0.3) is 0 Å². The van der Waals surface area contributed by atoms with Crippen LogP contribution in [0, 0.1) is 11.3 Å². The van der Waals surface area contributed by atoms with E-state index in [2.05, 4.69) is 0 Å². The number of halogens is 2. The smallest absolute Gasteiger partial charge is 0.351 e. The van der Waals surface area contributed by atoms with Crippen molar-refractivity contribution in [1.82, 2.24) is 0 Å². The lowest BCUT2D eigenvalue weighted by atomic mass is 10.0. The predicted octanol–water partition coefficient (Wildman–Crippen LogP) is 2.21. The predicted molar refractivity (Wildman–Crippen MR) is 64.7 cm³/mol. The van der Waals surface area contributed by atoms with Gasteiger partial charge in [0.05, 0.1) is 16.7 Å². The molecule has 0 fully saturated rings. The van der Waals surface area contributed by atoms with E-state index >= 15 is 0 Å². The van der Waals surface area contributed by atoms with Crippen LogP contribution in [0.15, 0.2) is 34.3 Å². The molecule has 1 aliphatic rings. The van der Waals surface area contributed by atoms with Gasteiger partial charge in [0.1, 0.15) is 11.1 Å². The lowest BCUT2D eigenvalue weighted by Gasteiger charge is -2.17. The molecule has 0 spiro atoms. The number of ether oxygens (including phenoxy) is 1. The SMILES string of the molecule is N#Cc1ccc(C(O)C2OC(=O)C(Cl)=C2Cl)cc1. The van der Waals surface area contributed by atoms with Crippen LogP contribution < -0.4 is 0 Å². The molecule has 0 bridgehead atoms. The second-order valence-electron chi connectivity index (χ2n) is 3.67. The Morgan fingerprint density at radius 2 is 1.94 bits per heavy atom. The zero-order valence-electron chi connectivity index (χ0n) is 8.93. The van der Waals surface area contributed by atoms with Crippen LogP contribution in [0.3, 0.4) is 0 Å². The van der Waals surface area contributed by atoms with E-state index < -0.39 is 18.2 Å². The zero-order chi connectivity index (χ0) is 13.3. The molecule has 4 nitrogen and oxygen atoms in total. The minimum absolute atomic E-state index is 0.0153. The lowest BCUT2D eigenvalue weighted by Crippen LogP contribution is -2.20. The Morgan fingerprint density at radius 1 is 1.33 bits per heavy atom. The fraction of sp³-hybridized carbons (Fsp3) is 0.167. The second kappa shape index (κ2) is 4.99. The Kier molecular flexibility index (Phi) is 3.58. The summed E-state index contributed by atoms with van der Waals surface area (Å²) in [5.41, 5.74) is 0.949. The van der Waals surface area contributed by atoms with Gasteiger partial charge in [0, 0.05) is 0 Å². The van der Waals surface area contributed by atoms with Crippen LogP contribution in [0.2, 0.25) is 0 Å². The molecule has 1 aromatic carbocycles. The monoisotopic (exact) mass is 283 g/mol. The van der Waals surface area contributed by atoms with Crippen molar-refractivity contribution in [2.24, 2.45) is 0 Å². The molecule has 6 heteroatoms. The van der Waals surface area contributed by atoms with Gasteiger partial charge in [0.15, 0.2) is 6.10 Å². The zero-order valence-corrected chi connectivity index (χ0v) is 10.4. The van der Waals surface area contributed by atoms with Crippen molar-refractivity contribution in [2.75, 3.05) is 0 Å². The fourth-order valence-electron chi connectivity index (χ4n) is 1.57. The van der Waals surface area contributed by atoms with Gasteiger partial charge >= 0.3 is 5.97 Å². The van der Waals surface area contributed by atoms with E-state index in [1.807, 2.05) is 6.07 Å². The van der Waals surface area contributed by atoms with Crippen molar-refractivity contribution in [3.63, 3.8) is 0 Å². The number of nitrogens with zero attached hydrogens (tertiary/aromatic N) is 1. The minimum atomic E-state index is -1.12. The van der Waals surface area contributed by atoms with Gasteiger partial charge in [-0.3, -0.25) is 0 Å². The highest BCUT2D eigenvalue weighted by Gasteiger charge is 2.37. The number of aliphatic hydroxyl groups excluding tert-OH is 1. The molecule has 1 aromatic rings. The summed E-state index contributed by atoms with van der Waals surface area (Å²) in [7, 11) is 0. The average Bonchev–Trinajstić information content (AvgIpc) is 2.66. The summed E-state index contributed by atoms with van der Waals surface area (Å²) < 4.78 is 4.87. The Morgan fingerprint density at radius 3 is 2.39 bits per heavy atom. The molecule has 0 saturated heterocycles. The molecule has 1 N–H and O–H groups in total. The molecule has 0 aliphatic carbocycles. The summed E-state index contributed by atoms with van der Waals surface area (Å²) in [4.78, 5) is 11.2. The summed E-state index contributed by atoms with van der Waals surface area (Å²) in [5, 5.41) is 18.5. The van der Waals surface area contributed by atoms with Crippen LogP contribution in [-0.2, 0) is 9.53 Å². The van der Waals surface area contributed by atoms with E-state index in [-0.39, 0.29) is 10.1 Å². The van der Waals surface area contributed by atoms with Crippen molar-refractivity contribution < 1.29 is 14.6 Å². The van der Waals surface area contributed by atoms with Crippen LogP contribution in [-0.4, -0.2) is 17.2 Å². The molecule has 1 aliphatic heterocycles. The molecule has 0 aromatic heterocycles. The Bertz CT molecular complexity index is 560. The number of cyclic esters (lactones) is 1. The molecule has 1 heterocycles. The van der Waals surface area contributed by atoms with Gasteiger partial charge in [-0.25, -0.2) is 4.79 Å². The molecule has 0 radical (unpaired) electrons. The van der Waals surface area contributed by atoms with E-state index in [1.54, 1.807) is 24.3 Å². The highest BCUT2D eigenvalue weighted by molar-refractivity contribution is 6.48. The summed E-state index contributed by atoms with van der Waals surface area (Å²) in [6.45, 7) is 0. The number of hydrogen-bond donors (Lipinski definition) is 1. The Balaban J connectivity index is 2.25. The third-order valence-corrected chi connectivity index (χ3v) is 3.40. The van der Waals surface area contributed by atoms with Gasteiger partial charge in [-0.1, -0.05) is 35.3 Å². The number of hydrogen-bond acceptors (Lipinski definition) is 4. The van der Waals surface area contributed by atoms with E-state index in [4.69, 9.17) is 33.2 Å². The van der Waals surface area contributed by atoms with Gasteiger partial charge < -0.3 is 9.84 Å². The van der Waals surface area contributed by atoms with E-state index in [9.17, 15) is 9.90 Å². The molecule has 0 saturated carbocycles. The first kappa shape index (κ1) is 12.9. The Hall–Kier alpha value is -1.54. The van der Waals surface area contributed by atoms with Crippen molar-refractivity contribution in [1.29, 1.82) is 5.26 Å². The second-order valence-corrected chi connectivity index (χ2v) is 4.45. The van der Waals surface area contributed by atoms with Crippen molar-refractivity contribution >= 4 is 29.2 Å². The van der Waals surface area contributed by atoms with Crippen molar-refractivity contribution in [3.05, 3.63) is 45.5 Å². The number of carbonyl (C=O) groups is 1. The van der Waals surface area contributed by atoms with Crippen LogP contribution in [0.5, 0.6) is 0 Å². The van der Waals surface area contributed by atoms with Crippen LogP contribution >= 0.6 is 23.2 Å². The lowest BCUT2D eigenvalue weighted by molar-refractivity contribution is -0.143. The van der Waals surface area contributed by atoms with Crippen LogP contribution in [0.1, 0.15) is 17.2 Å². The van der Waals surface area contributed by atoms with E-state index in [1.165, 1.54) is 0 Å². The standard InChI is InChI=1S/C12H7Cl2NO3/c13-8-9(14)12(17)18-11(8)10(16)7-3-1-6(5-15)2-4-7/h1-4,10-11,16H. The van der Waals surface area contributed by atoms with Gasteiger partial charge in [-0.2, -0.15) is 5.26 Å². The third kappa shape index (κ3) is 2.21. The number of esters is 1. The largest absolute Gasteiger partial charge is 0.449 e. The number of nitriles is 1. The number of benzene rings is 1. The summed E-state index contributed by atoms with van der Waals surface area (Å²) >= 11 is 11.4. The molecule has 2 unspecified atom stereocenters. The van der Waals surface area contributed by atoms with Gasteiger partial charge in [0.25, 0.3) is 0 Å². The molecule has 2 rings (SSSR count). The first-order valence-electron chi connectivity index (χ1n) is 4.99. The maximum atomic E-state index is 11.2. The van der Waals surface area contributed by atoms with Gasteiger partial charge in [-0.15, -0.1) is 0 Å². The minimum Gasteiger partial charge on any atom is -0.449 e. The Labute approximate surface area is 113 Å². The molecular weight excluding hydrogens is 277 g/mol. The topological polar surface area (TPSA) is 70.3 Å². The summed E-state index contributed by atoms with van der Waals surface area (Å²) in [6.07, 6.45) is -2.12. The highest BCUT2D eigenvalue weighted by Crippen LogP contribution is 2.35. The number of aliphatic hydroxyl groups is 1. The molecular formula is C12H7Cl2NO3. The molecule has 92 valence electrons. The molecule has 2 atom stereocenters. The maximum Gasteiger partial charge on any atom is 0.351 e. The normalized spacial score (nSPS) is 20.6. The number of rotatable bonds is 2. The first-order chi connectivity index (χ1) is 8.54. The summed E-state index contributed by atoms with van der Waals surface area (Å²) in [6, 6.07) is 8.19. The maximum absolute atomic E-state index is 11.2. The number of carbonyl (C=O) groups excluding carboxylic acids is 1.